The summed E-state index contributed by atoms with van der Waals surface area (Å²) in [6.45, 7) is 4.55. The highest BCUT2D eigenvalue weighted by Gasteiger charge is 2.27. The molecule has 0 saturated heterocycles. The molecule has 0 radical (unpaired) electrons. The Morgan fingerprint density at radius 1 is 1.38 bits per heavy atom. The average Bonchev–Trinajstić information content (AvgIpc) is 3.30. The second-order valence-electron chi connectivity index (χ2n) is 6.37. The fraction of sp³-hybridized carbons (Fsp3) is 0.412. The van der Waals surface area contributed by atoms with Gasteiger partial charge in [0.2, 0.25) is 0 Å². The fourth-order valence-corrected chi connectivity index (χ4v) is 3.71. The number of aromatic nitrogens is 4. The number of nitrogens with zero attached hydrogens (tertiary/aromatic N) is 5. The fourth-order valence-electron chi connectivity index (χ4n) is 2.82. The van der Waals surface area contributed by atoms with Crippen LogP contribution in [0.3, 0.4) is 0 Å². The molecule has 1 amide bonds. The van der Waals surface area contributed by atoms with Crippen molar-refractivity contribution in [3.8, 4) is 0 Å². The normalized spacial score (nSPS) is 14.3. The Bertz CT molecular complexity index is 924. The molecule has 24 heavy (non-hydrogen) atoms. The molecule has 3 aromatic rings. The number of carbonyl (C=O) groups is 1. The minimum Gasteiger partial charge on any atom is -0.334 e. The summed E-state index contributed by atoms with van der Waals surface area (Å²) >= 11 is 1.66. The van der Waals surface area contributed by atoms with Gasteiger partial charge in [-0.25, -0.2) is 15.0 Å². The van der Waals surface area contributed by atoms with Gasteiger partial charge in [-0.1, -0.05) is 0 Å². The number of thiazole rings is 1. The zero-order chi connectivity index (χ0) is 16.8. The number of rotatable bonds is 4. The molecule has 0 unspecified atom stereocenters. The van der Waals surface area contributed by atoms with E-state index in [0.29, 0.717) is 18.2 Å². The van der Waals surface area contributed by atoms with Gasteiger partial charge in [0.15, 0.2) is 4.96 Å². The van der Waals surface area contributed by atoms with E-state index in [9.17, 15) is 4.79 Å². The van der Waals surface area contributed by atoms with Crippen LogP contribution in [0.5, 0.6) is 0 Å². The van der Waals surface area contributed by atoms with Crippen LogP contribution in [0.15, 0.2) is 18.5 Å². The largest absolute Gasteiger partial charge is 0.334 e. The van der Waals surface area contributed by atoms with E-state index < -0.39 is 0 Å². The molecule has 0 bridgehead atoms. The van der Waals surface area contributed by atoms with Gasteiger partial charge in [-0.3, -0.25) is 9.20 Å². The summed E-state index contributed by atoms with van der Waals surface area (Å²) in [7, 11) is 1.80. The van der Waals surface area contributed by atoms with E-state index in [0.717, 1.165) is 35.0 Å². The van der Waals surface area contributed by atoms with Crippen LogP contribution in [-0.4, -0.2) is 37.2 Å². The van der Waals surface area contributed by atoms with Crippen molar-refractivity contribution in [1.82, 2.24) is 24.3 Å². The molecule has 7 heteroatoms. The second-order valence-corrected chi connectivity index (χ2v) is 7.59. The molecule has 0 aromatic carbocycles. The minimum atomic E-state index is -0.0828. The van der Waals surface area contributed by atoms with E-state index >= 15 is 0 Å². The number of fused-ring (bicyclic) bond motifs is 1. The molecule has 1 aliphatic carbocycles. The van der Waals surface area contributed by atoms with E-state index in [4.69, 9.17) is 0 Å². The second kappa shape index (κ2) is 5.66. The van der Waals surface area contributed by atoms with E-state index in [2.05, 4.69) is 32.5 Å². The maximum absolute atomic E-state index is 12.7. The predicted molar refractivity (Wildman–Crippen MR) is 92.3 cm³/mol. The summed E-state index contributed by atoms with van der Waals surface area (Å²) in [5.41, 5.74) is 2.47. The third-order valence-electron chi connectivity index (χ3n) is 4.31. The van der Waals surface area contributed by atoms with Crippen molar-refractivity contribution >= 4 is 22.2 Å². The number of hydrogen-bond acceptors (Lipinski definition) is 5. The van der Waals surface area contributed by atoms with E-state index in [1.165, 1.54) is 4.88 Å². The maximum Gasteiger partial charge on any atom is 0.272 e. The van der Waals surface area contributed by atoms with Crippen LogP contribution in [0, 0.1) is 13.8 Å². The first-order valence-electron chi connectivity index (χ1n) is 8.05. The first-order valence-corrected chi connectivity index (χ1v) is 8.87. The molecule has 1 fully saturated rings. The Morgan fingerprint density at radius 2 is 2.17 bits per heavy atom. The van der Waals surface area contributed by atoms with Gasteiger partial charge in [0.05, 0.1) is 17.9 Å². The van der Waals surface area contributed by atoms with Crippen LogP contribution in [0.2, 0.25) is 0 Å². The Morgan fingerprint density at radius 3 is 2.92 bits per heavy atom. The van der Waals surface area contributed by atoms with Crippen molar-refractivity contribution in [2.24, 2.45) is 0 Å². The monoisotopic (exact) mass is 341 g/mol. The SMILES string of the molecule is Cc1cn2c(CN(C)C(=O)c3ccnc(C4CC4)n3)c(C)nc2s1. The summed E-state index contributed by atoms with van der Waals surface area (Å²) in [5, 5.41) is 0. The Kier molecular flexibility index (Phi) is 3.60. The summed E-state index contributed by atoms with van der Waals surface area (Å²) in [5.74, 6) is 1.15. The molecule has 1 aliphatic rings. The highest BCUT2D eigenvalue weighted by atomic mass is 32.1. The number of hydrogen-bond donors (Lipinski definition) is 0. The minimum absolute atomic E-state index is 0.0828. The van der Waals surface area contributed by atoms with Gasteiger partial charge in [-0.2, -0.15) is 0 Å². The maximum atomic E-state index is 12.7. The van der Waals surface area contributed by atoms with Crippen LogP contribution >= 0.6 is 11.3 Å². The molecule has 0 N–H and O–H groups in total. The molecule has 0 atom stereocenters. The van der Waals surface area contributed by atoms with E-state index in [-0.39, 0.29) is 5.91 Å². The molecular formula is C17H19N5OS. The molecule has 0 spiro atoms. The zero-order valence-corrected chi connectivity index (χ0v) is 14.8. The number of imidazole rings is 1. The van der Waals surface area contributed by atoms with Crippen molar-refractivity contribution in [2.75, 3.05) is 7.05 Å². The first-order chi connectivity index (χ1) is 11.5. The highest BCUT2D eigenvalue weighted by Crippen LogP contribution is 2.37. The van der Waals surface area contributed by atoms with E-state index in [1.807, 2.05) is 6.92 Å². The van der Waals surface area contributed by atoms with Crippen molar-refractivity contribution in [3.63, 3.8) is 0 Å². The van der Waals surface area contributed by atoms with Gasteiger partial charge in [0.25, 0.3) is 5.91 Å². The lowest BCUT2D eigenvalue weighted by atomic mass is 10.3. The lowest BCUT2D eigenvalue weighted by Crippen LogP contribution is -2.28. The quantitative estimate of drug-likeness (QED) is 0.732. The van der Waals surface area contributed by atoms with Crippen LogP contribution in [0.1, 0.15) is 51.3 Å². The van der Waals surface area contributed by atoms with Crippen molar-refractivity contribution in [2.45, 2.75) is 39.2 Å². The summed E-state index contributed by atoms with van der Waals surface area (Å²) in [6.07, 6.45) is 6.01. The predicted octanol–water partition coefficient (Wildman–Crippen LogP) is 2.95. The van der Waals surface area contributed by atoms with Gasteiger partial charge < -0.3 is 4.90 Å². The molecule has 1 saturated carbocycles. The number of amides is 1. The standard InChI is InChI=1S/C17H19N5OS/c1-10-8-22-14(11(2)19-17(22)24-10)9-21(3)16(23)13-6-7-18-15(20-13)12-4-5-12/h6-8,12H,4-5,9H2,1-3H3. The van der Waals surface area contributed by atoms with E-state index in [1.54, 1.807) is 35.5 Å². The Labute approximate surface area is 144 Å². The topological polar surface area (TPSA) is 63.4 Å². The van der Waals surface area contributed by atoms with Crippen LogP contribution in [0.4, 0.5) is 0 Å². The summed E-state index contributed by atoms with van der Waals surface area (Å²) < 4.78 is 2.08. The number of carbonyl (C=O) groups excluding carboxylic acids is 1. The Hall–Kier alpha value is -2.28. The Balaban J connectivity index is 1.58. The highest BCUT2D eigenvalue weighted by molar-refractivity contribution is 7.17. The summed E-state index contributed by atoms with van der Waals surface area (Å²) in [4.78, 5) is 29.9. The zero-order valence-electron chi connectivity index (χ0n) is 14.0. The third kappa shape index (κ3) is 2.69. The molecule has 3 aromatic heterocycles. The lowest BCUT2D eigenvalue weighted by molar-refractivity contribution is 0.0776. The average molecular weight is 341 g/mol. The van der Waals surface area contributed by atoms with Crippen molar-refractivity contribution in [1.29, 1.82) is 0 Å². The lowest BCUT2D eigenvalue weighted by Gasteiger charge is -2.17. The molecule has 3 heterocycles. The third-order valence-corrected chi connectivity index (χ3v) is 5.21. The van der Waals surface area contributed by atoms with Gasteiger partial charge in [-0.05, 0) is 32.8 Å². The van der Waals surface area contributed by atoms with Gasteiger partial charge in [-0.15, -0.1) is 11.3 Å². The molecule has 124 valence electrons. The van der Waals surface area contributed by atoms with Crippen LogP contribution < -0.4 is 0 Å². The molecule has 0 aliphatic heterocycles. The van der Waals surface area contributed by atoms with Crippen molar-refractivity contribution in [3.05, 3.63) is 46.2 Å². The summed E-state index contributed by atoms with van der Waals surface area (Å²) in [6, 6.07) is 1.69. The molecule has 4 rings (SSSR count). The van der Waals surface area contributed by atoms with Crippen LogP contribution in [-0.2, 0) is 6.54 Å². The van der Waals surface area contributed by atoms with Crippen molar-refractivity contribution < 1.29 is 4.79 Å². The van der Waals surface area contributed by atoms with Gasteiger partial charge in [0, 0.05) is 30.2 Å². The number of aryl methyl sites for hydroxylation is 2. The van der Waals surface area contributed by atoms with Crippen LogP contribution in [0.25, 0.3) is 4.96 Å². The van der Waals surface area contributed by atoms with Gasteiger partial charge >= 0.3 is 0 Å². The smallest absolute Gasteiger partial charge is 0.272 e. The van der Waals surface area contributed by atoms with Gasteiger partial charge in [0.1, 0.15) is 11.5 Å². The first kappa shape index (κ1) is 15.3. The molecule has 6 nitrogen and oxygen atoms in total. The molecular weight excluding hydrogens is 322 g/mol.